The first-order chi connectivity index (χ1) is 12.5. The minimum atomic E-state index is -0.167. The van der Waals surface area contributed by atoms with Gasteiger partial charge in [-0.05, 0) is 42.3 Å². The summed E-state index contributed by atoms with van der Waals surface area (Å²) in [4.78, 5) is 19.1. The highest BCUT2D eigenvalue weighted by Crippen LogP contribution is 2.46. The number of halogens is 1. The number of nitrogens with zero attached hydrogens (tertiary/aromatic N) is 5. The van der Waals surface area contributed by atoms with Crippen molar-refractivity contribution in [2.75, 3.05) is 5.32 Å². The molecule has 134 valence electrons. The van der Waals surface area contributed by atoms with E-state index in [1.54, 1.807) is 24.7 Å². The van der Waals surface area contributed by atoms with Crippen molar-refractivity contribution in [1.82, 2.24) is 24.4 Å². The number of carbonyl (C=O) groups excluding carboxylic acids is 1. The molecule has 0 unspecified atom stereocenters. The minimum Gasteiger partial charge on any atom is -0.320 e. The molecule has 3 heterocycles. The zero-order valence-electron chi connectivity index (χ0n) is 14.3. The Morgan fingerprint density at radius 2 is 2.08 bits per heavy atom. The average molecular weight is 389 g/mol. The third-order valence-electron chi connectivity index (χ3n) is 4.18. The molecule has 0 aliphatic heterocycles. The van der Waals surface area contributed by atoms with Crippen LogP contribution in [0.25, 0.3) is 5.82 Å². The van der Waals surface area contributed by atoms with E-state index in [0.29, 0.717) is 33.2 Å². The Labute approximate surface area is 159 Å². The molecule has 0 spiro atoms. The fourth-order valence-corrected chi connectivity index (χ4v) is 4.06. The Balaban J connectivity index is 1.58. The Morgan fingerprint density at radius 3 is 2.69 bits per heavy atom. The van der Waals surface area contributed by atoms with Gasteiger partial charge in [0.2, 0.25) is 0 Å². The van der Waals surface area contributed by atoms with Crippen molar-refractivity contribution in [3.05, 3.63) is 45.8 Å². The molecule has 3 aromatic rings. The summed E-state index contributed by atoms with van der Waals surface area (Å²) in [5.41, 5.74) is 2.68. The van der Waals surface area contributed by atoms with E-state index in [0.717, 1.165) is 24.1 Å². The number of hydrogen-bond donors (Lipinski definition) is 1. The molecule has 1 aliphatic rings. The fraction of sp³-hybridized carbons (Fsp3) is 0.353. The number of aromatic nitrogens is 5. The molecule has 4 rings (SSSR count). The maximum absolute atomic E-state index is 12.8. The Bertz CT molecular complexity index is 948. The van der Waals surface area contributed by atoms with Crippen molar-refractivity contribution >= 4 is 34.7 Å². The first kappa shape index (κ1) is 17.1. The predicted octanol–water partition coefficient (Wildman–Crippen LogP) is 4.03. The summed E-state index contributed by atoms with van der Waals surface area (Å²) >= 11 is 7.53. The summed E-state index contributed by atoms with van der Waals surface area (Å²) in [5.74, 6) is 1.01. The van der Waals surface area contributed by atoms with Crippen LogP contribution in [0.5, 0.6) is 0 Å². The molecule has 7 nitrogen and oxygen atoms in total. The van der Waals surface area contributed by atoms with Crippen molar-refractivity contribution < 1.29 is 4.79 Å². The van der Waals surface area contributed by atoms with E-state index < -0.39 is 0 Å². The maximum Gasteiger partial charge on any atom is 0.267 e. The molecule has 3 aromatic heterocycles. The number of pyridine rings is 1. The van der Waals surface area contributed by atoms with Crippen LogP contribution < -0.4 is 5.32 Å². The van der Waals surface area contributed by atoms with Gasteiger partial charge < -0.3 is 5.32 Å². The van der Waals surface area contributed by atoms with Crippen LogP contribution in [0.1, 0.15) is 59.5 Å². The fourth-order valence-electron chi connectivity index (χ4n) is 2.82. The average Bonchev–Trinajstić information content (AvgIpc) is 3.11. The summed E-state index contributed by atoms with van der Waals surface area (Å²) < 4.78 is 4.52. The summed E-state index contributed by atoms with van der Waals surface area (Å²) in [5, 5.41) is 11.3. The van der Waals surface area contributed by atoms with Gasteiger partial charge in [-0.1, -0.05) is 25.4 Å². The first-order valence-electron chi connectivity index (χ1n) is 8.37. The van der Waals surface area contributed by atoms with Crippen LogP contribution in [-0.2, 0) is 0 Å². The summed E-state index contributed by atoms with van der Waals surface area (Å²) in [6.45, 7) is 4.21. The van der Waals surface area contributed by atoms with Crippen LogP contribution >= 0.6 is 23.1 Å². The van der Waals surface area contributed by atoms with E-state index in [1.165, 1.54) is 16.3 Å². The largest absolute Gasteiger partial charge is 0.320 e. The molecule has 0 radical (unpaired) electrons. The van der Waals surface area contributed by atoms with E-state index in [1.807, 2.05) is 0 Å². The number of hydrogen-bond acceptors (Lipinski definition) is 6. The number of amides is 1. The second-order valence-electron chi connectivity index (χ2n) is 6.54. The van der Waals surface area contributed by atoms with Gasteiger partial charge in [-0.15, -0.1) is 4.80 Å². The highest BCUT2D eigenvalue weighted by atomic mass is 35.5. The van der Waals surface area contributed by atoms with Crippen LogP contribution in [-0.4, -0.2) is 30.3 Å². The zero-order chi connectivity index (χ0) is 18.3. The van der Waals surface area contributed by atoms with E-state index in [-0.39, 0.29) is 5.91 Å². The summed E-state index contributed by atoms with van der Waals surface area (Å²) in [7, 11) is 0. The molecule has 1 saturated carbocycles. The monoisotopic (exact) mass is 388 g/mol. The number of carbonyl (C=O) groups is 1. The van der Waals surface area contributed by atoms with Crippen LogP contribution in [0.2, 0.25) is 5.02 Å². The number of anilines is 1. The second-order valence-corrected chi connectivity index (χ2v) is 7.72. The van der Waals surface area contributed by atoms with Crippen molar-refractivity contribution in [1.29, 1.82) is 0 Å². The first-order valence-corrected chi connectivity index (χ1v) is 9.52. The van der Waals surface area contributed by atoms with Gasteiger partial charge in [-0.3, -0.25) is 4.79 Å². The summed E-state index contributed by atoms with van der Waals surface area (Å²) in [6.07, 6.45) is 6.88. The molecule has 1 aliphatic carbocycles. The lowest BCUT2D eigenvalue weighted by Crippen LogP contribution is -2.13. The van der Waals surface area contributed by atoms with Gasteiger partial charge in [-0.25, -0.2) is 4.98 Å². The van der Waals surface area contributed by atoms with Gasteiger partial charge in [0.1, 0.15) is 4.88 Å². The Kier molecular flexibility index (Phi) is 4.46. The summed E-state index contributed by atoms with van der Waals surface area (Å²) in [6, 6.07) is 1.65. The third-order valence-corrected chi connectivity index (χ3v) is 5.34. The van der Waals surface area contributed by atoms with E-state index in [9.17, 15) is 4.79 Å². The minimum absolute atomic E-state index is 0.167. The molecular formula is C17H17ClN6OS. The topological polar surface area (TPSA) is 85.6 Å². The van der Waals surface area contributed by atoms with E-state index in [4.69, 9.17) is 11.6 Å². The second kappa shape index (κ2) is 6.77. The van der Waals surface area contributed by atoms with Gasteiger partial charge in [0.25, 0.3) is 5.91 Å². The molecule has 1 N–H and O–H groups in total. The Hall–Kier alpha value is -2.32. The molecule has 26 heavy (non-hydrogen) atoms. The quantitative estimate of drug-likeness (QED) is 0.713. The highest BCUT2D eigenvalue weighted by Gasteiger charge is 2.34. The van der Waals surface area contributed by atoms with Gasteiger partial charge in [0.05, 0.1) is 35.0 Å². The van der Waals surface area contributed by atoms with Gasteiger partial charge in [0, 0.05) is 5.56 Å². The van der Waals surface area contributed by atoms with Crippen LogP contribution in [0.3, 0.4) is 0 Å². The molecular weight excluding hydrogens is 372 g/mol. The van der Waals surface area contributed by atoms with Gasteiger partial charge >= 0.3 is 0 Å². The lowest BCUT2D eigenvalue weighted by Gasteiger charge is -2.09. The van der Waals surface area contributed by atoms with Crippen molar-refractivity contribution in [3.8, 4) is 5.82 Å². The maximum atomic E-state index is 12.8. The third kappa shape index (κ3) is 3.22. The predicted molar refractivity (Wildman–Crippen MR) is 100 cm³/mol. The normalized spacial score (nSPS) is 14.0. The molecule has 0 bridgehead atoms. The van der Waals surface area contributed by atoms with Gasteiger partial charge in [0.15, 0.2) is 5.82 Å². The molecule has 9 heteroatoms. The highest BCUT2D eigenvalue weighted by molar-refractivity contribution is 7.08. The molecule has 0 aromatic carbocycles. The molecule has 1 amide bonds. The van der Waals surface area contributed by atoms with E-state index in [2.05, 4.69) is 38.7 Å². The van der Waals surface area contributed by atoms with Crippen molar-refractivity contribution in [2.24, 2.45) is 0 Å². The van der Waals surface area contributed by atoms with Crippen molar-refractivity contribution in [3.63, 3.8) is 0 Å². The SMILES string of the molecule is CC(C)c1nsc(C(=O)Nc2cnc(-n3nccn3)c(Cl)c2)c1C1CC1. The molecule has 0 atom stereocenters. The van der Waals surface area contributed by atoms with Crippen LogP contribution in [0.15, 0.2) is 24.7 Å². The number of nitrogens with one attached hydrogen (secondary N) is 1. The Morgan fingerprint density at radius 1 is 1.35 bits per heavy atom. The van der Waals surface area contributed by atoms with E-state index >= 15 is 0 Å². The zero-order valence-corrected chi connectivity index (χ0v) is 15.9. The molecule has 1 fully saturated rings. The smallest absolute Gasteiger partial charge is 0.267 e. The van der Waals surface area contributed by atoms with Crippen LogP contribution in [0, 0.1) is 0 Å². The lowest BCUT2D eigenvalue weighted by molar-refractivity contribution is 0.102. The lowest BCUT2D eigenvalue weighted by atomic mass is 10.0. The standard InChI is InChI=1S/C17H17ClN6OS/c1-9(2)14-13(10-3-4-10)15(26-23-14)17(25)22-11-7-12(18)16(19-8-11)24-20-5-6-21-24/h5-10H,3-4H2,1-2H3,(H,22,25). The van der Waals surface area contributed by atoms with Crippen molar-refractivity contribution in [2.45, 2.75) is 38.5 Å². The van der Waals surface area contributed by atoms with Crippen LogP contribution in [0.4, 0.5) is 5.69 Å². The van der Waals surface area contributed by atoms with Gasteiger partial charge in [-0.2, -0.15) is 14.6 Å². The number of rotatable bonds is 5. The molecule has 0 saturated heterocycles.